The molecule has 0 spiro atoms. The molecule has 1 aromatic carbocycles. The number of rotatable bonds is 3. The average Bonchev–Trinajstić information content (AvgIpc) is 2.14. The fourth-order valence-corrected chi connectivity index (χ4v) is 1.83. The zero-order valence-corrected chi connectivity index (χ0v) is 8.55. The molecule has 0 saturated carbocycles. The molecule has 1 N–H and O–H groups in total. The topological polar surface area (TPSA) is 37.3 Å². The van der Waals surface area contributed by atoms with Gasteiger partial charge in [-0.1, -0.05) is 18.2 Å². The van der Waals surface area contributed by atoms with Crippen LogP contribution in [0.2, 0.25) is 0 Å². The van der Waals surface area contributed by atoms with Gasteiger partial charge in [0.05, 0.1) is 0 Å². The third-order valence-electron chi connectivity index (χ3n) is 1.88. The van der Waals surface area contributed by atoms with Crippen molar-refractivity contribution in [1.29, 1.82) is 0 Å². The lowest BCUT2D eigenvalue weighted by Gasteiger charge is -2.05. The van der Waals surface area contributed by atoms with Gasteiger partial charge in [0, 0.05) is 12.0 Å². The van der Waals surface area contributed by atoms with E-state index in [4.69, 9.17) is 4.89 Å². The first-order chi connectivity index (χ1) is 6.90. The summed E-state index contributed by atoms with van der Waals surface area (Å²) in [5, 5.41) is 0.0803. The van der Waals surface area contributed by atoms with Crippen LogP contribution in [0.5, 0.6) is 0 Å². The lowest BCUT2D eigenvalue weighted by Crippen LogP contribution is -2.12. The Bertz CT molecular complexity index is 363. The summed E-state index contributed by atoms with van der Waals surface area (Å²) < 4.78 is 46.6. The van der Waals surface area contributed by atoms with Crippen LogP contribution in [-0.2, 0) is 11.0 Å². The van der Waals surface area contributed by atoms with E-state index >= 15 is 0 Å². The van der Waals surface area contributed by atoms with E-state index in [0.29, 0.717) is 0 Å². The minimum absolute atomic E-state index is 0.0803. The highest BCUT2D eigenvalue weighted by atomic mass is 31.1. The van der Waals surface area contributed by atoms with Crippen LogP contribution in [0.1, 0.15) is 12.0 Å². The second-order valence-corrected chi connectivity index (χ2v) is 4.04. The van der Waals surface area contributed by atoms with Crippen molar-refractivity contribution in [2.75, 3.05) is 0 Å². The Balaban J connectivity index is 2.81. The van der Waals surface area contributed by atoms with Crippen molar-refractivity contribution < 1.29 is 22.6 Å². The van der Waals surface area contributed by atoms with Crippen LogP contribution >= 0.6 is 8.03 Å². The Kier molecular flexibility index (Phi) is 3.83. The third-order valence-corrected chi connectivity index (χ3v) is 2.72. The van der Waals surface area contributed by atoms with E-state index in [-0.39, 0.29) is 17.3 Å². The Labute approximate surface area is 85.6 Å². The SMILES string of the molecule is O=[P+](O)c1ccccc1CCC(F)(F)F. The molecule has 0 bridgehead atoms. The van der Waals surface area contributed by atoms with Gasteiger partial charge in [0.1, 0.15) is 0 Å². The molecule has 15 heavy (non-hydrogen) atoms. The first-order valence-corrected chi connectivity index (χ1v) is 5.42. The van der Waals surface area contributed by atoms with Crippen molar-refractivity contribution >= 4 is 13.3 Å². The number of hydrogen-bond acceptors (Lipinski definition) is 1. The molecule has 0 aliphatic heterocycles. The van der Waals surface area contributed by atoms with Crippen LogP contribution in [0.3, 0.4) is 0 Å². The van der Waals surface area contributed by atoms with Crippen molar-refractivity contribution in [1.82, 2.24) is 0 Å². The molecule has 82 valence electrons. The maximum absolute atomic E-state index is 11.9. The minimum atomic E-state index is -4.24. The molecule has 1 rings (SSSR count). The second kappa shape index (κ2) is 4.73. The standard InChI is InChI=1S/C9H8F3O2P/c10-9(11,12)6-5-7-3-1-2-4-8(7)15(13)14/h1-4H,5-6H2/p+1. The number of hydrogen-bond donors (Lipinski definition) is 1. The van der Waals surface area contributed by atoms with Gasteiger partial charge < -0.3 is 0 Å². The number of benzene rings is 1. The molecule has 0 amide bonds. The Morgan fingerprint density at radius 3 is 2.40 bits per heavy atom. The average molecular weight is 237 g/mol. The molecule has 0 aliphatic rings. The predicted molar refractivity (Wildman–Crippen MR) is 50.3 cm³/mol. The predicted octanol–water partition coefficient (Wildman–Crippen LogP) is 2.54. The first kappa shape index (κ1) is 12.1. The Hall–Kier alpha value is -0.930. The minimum Gasteiger partial charge on any atom is -0.171 e. The molecule has 0 heterocycles. The molecule has 0 aromatic heterocycles. The van der Waals surface area contributed by atoms with Gasteiger partial charge >= 0.3 is 14.2 Å². The van der Waals surface area contributed by atoms with Gasteiger partial charge in [-0.05, 0) is 17.1 Å². The molecule has 0 radical (unpaired) electrons. The largest absolute Gasteiger partial charge is 0.546 e. The van der Waals surface area contributed by atoms with Crippen LogP contribution in [0.15, 0.2) is 24.3 Å². The summed E-state index contributed by atoms with van der Waals surface area (Å²) >= 11 is 0. The summed E-state index contributed by atoms with van der Waals surface area (Å²) in [6, 6.07) is 5.87. The van der Waals surface area contributed by atoms with Gasteiger partial charge in [-0.25, -0.2) is 0 Å². The maximum Gasteiger partial charge on any atom is 0.546 e. The molecule has 0 saturated heterocycles. The van der Waals surface area contributed by atoms with Crippen LogP contribution in [0.25, 0.3) is 0 Å². The van der Waals surface area contributed by atoms with E-state index in [1.54, 1.807) is 6.07 Å². The van der Waals surface area contributed by atoms with Crippen molar-refractivity contribution in [3.63, 3.8) is 0 Å². The van der Waals surface area contributed by atoms with Crippen LogP contribution in [0, 0.1) is 0 Å². The quantitative estimate of drug-likeness (QED) is 0.820. The molecular weight excluding hydrogens is 228 g/mol. The molecule has 2 nitrogen and oxygen atoms in total. The number of aryl methyl sites for hydroxylation is 1. The van der Waals surface area contributed by atoms with Crippen LogP contribution in [0.4, 0.5) is 13.2 Å². The highest BCUT2D eigenvalue weighted by Gasteiger charge is 2.29. The highest BCUT2D eigenvalue weighted by molar-refractivity contribution is 7.47. The lowest BCUT2D eigenvalue weighted by atomic mass is 10.1. The van der Waals surface area contributed by atoms with Crippen molar-refractivity contribution in [2.24, 2.45) is 0 Å². The molecule has 6 heteroatoms. The fourth-order valence-electron chi connectivity index (χ4n) is 1.19. The number of halogens is 3. The zero-order valence-electron chi connectivity index (χ0n) is 7.66. The molecule has 1 aromatic rings. The summed E-state index contributed by atoms with van der Waals surface area (Å²) in [5.74, 6) is 0. The van der Waals surface area contributed by atoms with Gasteiger partial charge in [0.15, 0.2) is 0 Å². The smallest absolute Gasteiger partial charge is 0.171 e. The lowest BCUT2D eigenvalue weighted by molar-refractivity contribution is -0.133. The van der Waals surface area contributed by atoms with E-state index in [1.807, 2.05) is 0 Å². The summed E-state index contributed by atoms with van der Waals surface area (Å²) in [6.07, 6.45) is -5.48. The monoisotopic (exact) mass is 237 g/mol. The normalized spacial score (nSPS) is 12.7. The van der Waals surface area contributed by atoms with Crippen molar-refractivity contribution in [3.05, 3.63) is 29.8 Å². The molecule has 0 fully saturated rings. The summed E-state index contributed by atoms with van der Waals surface area (Å²) in [6.45, 7) is 0. The van der Waals surface area contributed by atoms with Gasteiger partial charge in [-0.3, -0.25) is 0 Å². The van der Waals surface area contributed by atoms with E-state index in [0.717, 1.165) is 0 Å². The van der Waals surface area contributed by atoms with E-state index < -0.39 is 20.6 Å². The van der Waals surface area contributed by atoms with Gasteiger partial charge in [-0.2, -0.15) is 18.1 Å². The fraction of sp³-hybridized carbons (Fsp3) is 0.333. The van der Waals surface area contributed by atoms with E-state index in [9.17, 15) is 17.7 Å². The molecular formula is C9H9F3O2P+. The van der Waals surface area contributed by atoms with Crippen LogP contribution in [-0.4, -0.2) is 11.1 Å². The van der Waals surface area contributed by atoms with Gasteiger partial charge in [0.2, 0.25) is 5.30 Å². The van der Waals surface area contributed by atoms with Crippen molar-refractivity contribution in [3.8, 4) is 0 Å². The Morgan fingerprint density at radius 1 is 1.27 bits per heavy atom. The molecule has 0 aliphatic carbocycles. The highest BCUT2D eigenvalue weighted by Crippen LogP contribution is 2.24. The maximum atomic E-state index is 11.9. The van der Waals surface area contributed by atoms with Gasteiger partial charge in [-0.15, -0.1) is 0 Å². The summed E-state index contributed by atoms with van der Waals surface area (Å²) in [7, 11) is -2.58. The molecule has 1 unspecified atom stereocenters. The first-order valence-electron chi connectivity index (χ1n) is 4.21. The summed E-state index contributed by atoms with van der Waals surface area (Å²) in [4.78, 5) is 8.86. The van der Waals surface area contributed by atoms with E-state index in [1.165, 1.54) is 18.2 Å². The van der Waals surface area contributed by atoms with E-state index in [2.05, 4.69) is 0 Å². The third kappa shape index (κ3) is 3.98. The Morgan fingerprint density at radius 2 is 1.87 bits per heavy atom. The number of alkyl halides is 3. The van der Waals surface area contributed by atoms with Crippen LogP contribution < -0.4 is 5.30 Å². The zero-order chi connectivity index (χ0) is 11.5. The molecule has 1 atom stereocenters. The second-order valence-electron chi connectivity index (χ2n) is 3.02. The van der Waals surface area contributed by atoms with Crippen molar-refractivity contribution in [2.45, 2.75) is 19.0 Å². The van der Waals surface area contributed by atoms with Gasteiger partial charge in [0.25, 0.3) is 0 Å². The summed E-state index contributed by atoms with van der Waals surface area (Å²) in [5.41, 5.74) is 0.276.